The van der Waals surface area contributed by atoms with Gasteiger partial charge in [0, 0.05) is 25.7 Å². The number of rotatable bonds is 5. The van der Waals surface area contributed by atoms with E-state index in [2.05, 4.69) is 29.1 Å². The largest absolute Gasteiger partial charge is 0.378 e. The molecule has 0 aromatic rings. The third kappa shape index (κ3) is 4.63. The van der Waals surface area contributed by atoms with Crippen LogP contribution in [0.3, 0.4) is 0 Å². The molecule has 0 radical (unpaired) electrons. The maximum Gasteiger partial charge on any atom is 0.188 e. The van der Waals surface area contributed by atoms with Crippen molar-refractivity contribution in [1.29, 1.82) is 0 Å². The van der Waals surface area contributed by atoms with Gasteiger partial charge in [-0.15, -0.1) is 0 Å². The zero-order valence-electron chi connectivity index (χ0n) is 13.0. The molecule has 0 spiro atoms. The summed E-state index contributed by atoms with van der Waals surface area (Å²) in [5, 5.41) is 3.29. The van der Waals surface area contributed by atoms with Crippen LogP contribution in [0.2, 0.25) is 0 Å². The van der Waals surface area contributed by atoms with E-state index in [4.69, 9.17) is 10.5 Å². The van der Waals surface area contributed by atoms with Gasteiger partial charge in [-0.3, -0.25) is 9.89 Å². The van der Waals surface area contributed by atoms with Gasteiger partial charge in [0.2, 0.25) is 0 Å². The molecule has 0 aliphatic carbocycles. The number of likely N-dealkylation sites (N-methyl/N-ethyl adjacent to an activating group) is 1. The van der Waals surface area contributed by atoms with E-state index in [0.29, 0.717) is 24.0 Å². The average Bonchev–Trinajstić information content (AvgIpc) is 2.90. The Morgan fingerprint density at radius 2 is 2.30 bits per heavy atom. The minimum atomic E-state index is 0.370. The normalized spacial score (nSPS) is 32.5. The highest BCUT2D eigenvalue weighted by Gasteiger charge is 2.22. The summed E-state index contributed by atoms with van der Waals surface area (Å²) in [7, 11) is 0. The van der Waals surface area contributed by atoms with Crippen molar-refractivity contribution in [2.75, 3.05) is 32.8 Å². The highest BCUT2D eigenvalue weighted by Crippen LogP contribution is 2.20. The van der Waals surface area contributed by atoms with Gasteiger partial charge in [-0.1, -0.05) is 6.92 Å². The lowest BCUT2D eigenvalue weighted by atomic mass is 9.96. The first kappa shape index (κ1) is 15.6. The van der Waals surface area contributed by atoms with Gasteiger partial charge in [0.1, 0.15) is 0 Å². The molecule has 5 heteroatoms. The molecule has 0 bridgehead atoms. The molecule has 0 amide bonds. The van der Waals surface area contributed by atoms with Crippen molar-refractivity contribution in [3.05, 3.63) is 0 Å². The molecule has 0 saturated carbocycles. The first-order valence-corrected chi connectivity index (χ1v) is 8.08. The Balaban J connectivity index is 1.68. The summed E-state index contributed by atoms with van der Waals surface area (Å²) in [4.78, 5) is 7.02. The summed E-state index contributed by atoms with van der Waals surface area (Å²) in [6.07, 6.45) is 5.15. The van der Waals surface area contributed by atoms with Gasteiger partial charge in [0.05, 0.1) is 6.10 Å². The van der Waals surface area contributed by atoms with Crippen molar-refractivity contribution in [1.82, 2.24) is 10.2 Å². The standard InChI is InChI=1S/C15H30N4O/c1-3-19-7-4-5-14(19)11-18-15(16)17-10-13-6-8-20-12(2)9-13/h12-14H,3-11H2,1-2H3,(H3,16,17,18). The number of guanidine groups is 1. The summed E-state index contributed by atoms with van der Waals surface area (Å²) in [5.74, 6) is 1.23. The van der Waals surface area contributed by atoms with E-state index < -0.39 is 0 Å². The second kappa shape index (κ2) is 7.84. The van der Waals surface area contributed by atoms with Crippen LogP contribution in [0.5, 0.6) is 0 Å². The fourth-order valence-corrected chi connectivity index (χ4v) is 3.31. The van der Waals surface area contributed by atoms with Gasteiger partial charge in [0.25, 0.3) is 0 Å². The molecule has 3 atom stereocenters. The number of ether oxygens (including phenoxy) is 1. The maximum absolute atomic E-state index is 5.98. The van der Waals surface area contributed by atoms with E-state index in [0.717, 1.165) is 39.1 Å². The molecule has 5 nitrogen and oxygen atoms in total. The molecule has 2 rings (SSSR count). The molecule has 0 aromatic heterocycles. The summed E-state index contributed by atoms with van der Waals surface area (Å²) in [5.41, 5.74) is 5.98. The van der Waals surface area contributed by atoms with Crippen LogP contribution in [0.25, 0.3) is 0 Å². The Hall–Kier alpha value is -0.810. The minimum absolute atomic E-state index is 0.370. The number of hydrogen-bond donors (Lipinski definition) is 2. The molecule has 2 heterocycles. The van der Waals surface area contributed by atoms with E-state index in [9.17, 15) is 0 Å². The third-order valence-corrected chi connectivity index (χ3v) is 4.54. The van der Waals surface area contributed by atoms with Crippen LogP contribution >= 0.6 is 0 Å². The average molecular weight is 282 g/mol. The highest BCUT2D eigenvalue weighted by atomic mass is 16.5. The van der Waals surface area contributed by atoms with Gasteiger partial charge >= 0.3 is 0 Å². The first-order chi connectivity index (χ1) is 9.69. The Kier molecular flexibility index (Phi) is 6.10. The van der Waals surface area contributed by atoms with E-state index in [1.807, 2.05) is 0 Å². The maximum atomic E-state index is 5.98. The summed E-state index contributed by atoms with van der Waals surface area (Å²) in [6, 6.07) is 0.622. The van der Waals surface area contributed by atoms with Crippen molar-refractivity contribution >= 4 is 5.96 Å². The topological polar surface area (TPSA) is 62.9 Å². The molecule has 2 aliphatic heterocycles. The number of likely N-dealkylation sites (tertiary alicyclic amines) is 1. The Bertz CT molecular complexity index is 321. The van der Waals surface area contributed by atoms with Crippen LogP contribution in [-0.4, -0.2) is 55.8 Å². The summed E-state index contributed by atoms with van der Waals surface area (Å²) in [6.45, 7) is 9.33. The van der Waals surface area contributed by atoms with Crippen LogP contribution in [0.15, 0.2) is 4.99 Å². The number of aliphatic imine (C=N–C) groups is 1. The number of nitrogens with zero attached hydrogens (tertiary/aromatic N) is 2. The smallest absolute Gasteiger partial charge is 0.188 e. The third-order valence-electron chi connectivity index (χ3n) is 4.54. The number of nitrogens with one attached hydrogen (secondary N) is 1. The van der Waals surface area contributed by atoms with Gasteiger partial charge < -0.3 is 15.8 Å². The Morgan fingerprint density at radius 1 is 1.45 bits per heavy atom. The van der Waals surface area contributed by atoms with Crippen LogP contribution in [0, 0.1) is 5.92 Å². The molecular formula is C15H30N4O. The van der Waals surface area contributed by atoms with E-state index in [1.54, 1.807) is 0 Å². The molecule has 2 fully saturated rings. The fourth-order valence-electron chi connectivity index (χ4n) is 3.31. The molecule has 0 aromatic carbocycles. The predicted molar refractivity (Wildman–Crippen MR) is 82.9 cm³/mol. The van der Waals surface area contributed by atoms with Crippen LogP contribution in [-0.2, 0) is 4.74 Å². The van der Waals surface area contributed by atoms with Crippen molar-refractivity contribution < 1.29 is 4.74 Å². The summed E-state index contributed by atoms with van der Waals surface area (Å²) < 4.78 is 5.55. The fraction of sp³-hybridized carbons (Fsp3) is 0.933. The zero-order chi connectivity index (χ0) is 14.4. The van der Waals surface area contributed by atoms with Gasteiger partial charge in [-0.25, -0.2) is 0 Å². The van der Waals surface area contributed by atoms with E-state index in [1.165, 1.54) is 19.4 Å². The quantitative estimate of drug-likeness (QED) is 0.587. The van der Waals surface area contributed by atoms with Gasteiger partial charge in [-0.2, -0.15) is 0 Å². The Morgan fingerprint density at radius 3 is 3.05 bits per heavy atom. The second-order valence-electron chi connectivity index (χ2n) is 6.10. The predicted octanol–water partition coefficient (Wildman–Crippen LogP) is 1.19. The molecule has 2 saturated heterocycles. The minimum Gasteiger partial charge on any atom is -0.378 e. The first-order valence-electron chi connectivity index (χ1n) is 8.08. The van der Waals surface area contributed by atoms with Crippen LogP contribution in [0.4, 0.5) is 0 Å². The van der Waals surface area contributed by atoms with Crippen molar-refractivity contribution in [2.45, 2.75) is 51.7 Å². The van der Waals surface area contributed by atoms with Crippen molar-refractivity contribution in [2.24, 2.45) is 16.6 Å². The lowest BCUT2D eigenvalue weighted by molar-refractivity contribution is 0.00481. The molecule has 20 heavy (non-hydrogen) atoms. The highest BCUT2D eigenvalue weighted by molar-refractivity contribution is 5.77. The molecule has 3 N–H and O–H groups in total. The molecular weight excluding hydrogens is 252 g/mol. The zero-order valence-corrected chi connectivity index (χ0v) is 13.0. The van der Waals surface area contributed by atoms with E-state index >= 15 is 0 Å². The van der Waals surface area contributed by atoms with Crippen molar-refractivity contribution in [3.63, 3.8) is 0 Å². The molecule has 116 valence electrons. The monoisotopic (exact) mass is 282 g/mol. The summed E-state index contributed by atoms with van der Waals surface area (Å²) >= 11 is 0. The van der Waals surface area contributed by atoms with Crippen LogP contribution in [0.1, 0.15) is 39.5 Å². The lowest BCUT2D eigenvalue weighted by Gasteiger charge is -2.26. The van der Waals surface area contributed by atoms with Gasteiger partial charge in [-0.05, 0) is 51.6 Å². The van der Waals surface area contributed by atoms with Crippen molar-refractivity contribution in [3.8, 4) is 0 Å². The number of hydrogen-bond acceptors (Lipinski definition) is 3. The molecule has 2 aliphatic rings. The SMILES string of the molecule is CCN1CCCC1CNC(N)=NCC1CCOC(C)C1. The number of nitrogens with two attached hydrogens (primary N) is 1. The van der Waals surface area contributed by atoms with Crippen LogP contribution < -0.4 is 11.1 Å². The Labute approximate surface area is 122 Å². The van der Waals surface area contributed by atoms with Gasteiger partial charge in [0.15, 0.2) is 5.96 Å². The molecule has 3 unspecified atom stereocenters. The van der Waals surface area contributed by atoms with E-state index in [-0.39, 0.29) is 0 Å². The second-order valence-corrected chi connectivity index (χ2v) is 6.10. The lowest BCUT2D eigenvalue weighted by Crippen LogP contribution is -2.43.